The van der Waals surface area contributed by atoms with Crippen molar-refractivity contribution < 1.29 is 0 Å². The summed E-state index contributed by atoms with van der Waals surface area (Å²) in [6.07, 6.45) is 0. The average Bonchev–Trinajstić information content (AvgIpc) is 2.90. The third-order valence-corrected chi connectivity index (χ3v) is 3.62. The molecule has 0 aliphatic heterocycles. The number of aryl methyl sites for hydroxylation is 1. The minimum Gasteiger partial charge on any atom is -0.187 e. The lowest BCUT2D eigenvalue weighted by Crippen LogP contribution is -1.98. The van der Waals surface area contributed by atoms with E-state index in [0.29, 0.717) is 0 Å². The molecule has 94 valence electrons. The number of hydrogen-bond donors (Lipinski definition) is 0. The number of hydrogen-bond acceptors (Lipinski definition) is 4. The van der Waals surface area contributed by atoms with Crippen molar-refractivity contribution >= 4 is 11.8 Å². The van der Waals surface area contributed by atoms with Crippen LogP contribution < -0.4 is 0 Å². The number of benzene rings is 2. The molecule has 0 bridgehead atoms. The number of tetrazole rings is 1. The van der Waals surface area contributed by atoms with Crippen LogP contribution in [-0.4, -0.2) is 20.2 Å². The molecule has 0 amide bonds. The molecule has 3 aromatic rings. The molecule has 0 atom stereocenters. The Morgan fingerprint density at radius 2 is 1.68 bits per heavy atom. The van der Waals surface area contributed by atoms with E-state index < -0.39 is 0 Å². The van der Waals surface area contributed by atoms with Crippen LogP contribution in [0.3, 0.4) is 0 Å². The van der Waals surface area contributed by atoms with Crippen LogP contribution in [0.2, 0.25) is 0 Å². The summed E-state index contributed by atoms with van der Waals surface area (Å²) in [7, 11) is 0. The van der Waals surface area contributed by atoms with Crippen molar-refractivity contribution in [2.75, 3.05) is 0 Å². The lowest BCUT2D eigenvalue weighted by atomic mass is 10.2. The van der Waals surface area contributed by atoms with E-state index in [0.717, 1.165) is 15.7 Å². The van der Waals surface area contributed by atoms with Crippen molar-refractivity contribution in [2.24, 2.45) is 0 Å². The van der Waals surface area contributed by atoms with Crippen LogP contribution >= 0.6 is 11.8 Å². The molecule has 3 rings (SSSR count). The summed E-state index contributed by atoms with van der Waals surface area (Å²) in [6, 6.07) is 18.2. The molecule has 0 saturated heterocycles. The quantitative estimate of drug-likeness (QED) is 0.732. The van der Waals surface area contributed by atoms with Crippen molar-refractivity contribution in [1.82, 2.24) is 20.2 Å². The maximum absolute atomic E-state index is 4.08. The van der Waals surface area contributed by atoms with Gasteiger partial charge in [0.25, 0.3) is 0 Å². The van der Waals surface area contributed by atoms with Gasteiger partial charge in [-0.1, -0.05) is 35.9 Å². The molecule has 0 aliphatic carbocycles. The van der Waals surface area contributed by atoms with Crippen molar-refractivity contribution in [3.05, 3.63) is 60.2 Å². The molecule has 5 heteroatoms. The summed E-state index contributed by atoms with van der Waals surface area (Å²) >= 11 is 1.55. The first-order valence-corrected chi connectivity index (χ1v) is 6.73. The molecular formula is C14H12N4S. The van der Waals surface area contributed by atoms with Gasteiger partial charge in [-0.2, -0.15) is 4.68 Å². The molecular weight excluding hydrogens is 256 g/mol. The number of rotatable bonds is 3. The predicted molar refractivity (Wildman–Crippen MR) is 74.5 cm³/mol. The summed E-state index contributed by atoms with van der Waals surface area (Å²) in [5, 5.41) is 12.6. The average molecular weight is 268 g/mol. The van der Waals surface area contributed by atoms with E-state index in [1.165, 1.54) is 5.56 Å². The highest BCUT2D eigenvalue weighted by Crippen LogP contribution is 2.26. The second-order valence-corrected chi connectivity index (χ2v) is 5.16. The van der Waals surface area contributed by atoms with Gasteiger partial charge < -0.3 is 0 Å². The third-order valence-electron chi connectivity index (χ3n) is 2.67. The van der Waals surface area contributed by atoms with Gasteiger partial charge in [-0.05, 0) is 53.4 Å². The third kappa shape index (κ3) is 2.66. The van der Waals surface area contributed by atoms with Gasteiger partial charge >= 0.3 is 0 Å². The molecule has 0 unspecified atom stereocenters. The first-order valence-electron chi connectivity index (χ1n) is 5.91. The number of nitrogens with zero attached hydrogens (tertiary/aromatic N) is 4. The van der Waals surface area contributed by atoms with E-state index in [1.807, 2.05) is 30.3 Å². The van der Waals surface area contributed by atoms with Crippen LogP contribution in [0.1, 0.15) is 5.56 Å². The van der Waals surface area contributed by atoms with Gasteiger partial charge in [-0.25, -0.2) is 0 Å². The van der Waals surface area contributed by atoms with Crippen LogP contribution in [0, 0.1) is 6.92 Å². The molecule has 2 aromatic carbocycles. The molecule has 0 fully saturated rings. The summed E-state index contributed by atoms with van der Waals surface area (Å²) in [5.41, 5.74) is 2.20. The van der Waals surface area contributed by atoms with E-state index in [2.05, 4.69) is 46.7 Å². The zero-order chi connectivity index (χ0) is 13.1. The van der Waals surface area contributed by atoms with Crippen LogP contribution in [0.25, 0.3) is 5.69 Å². The van der Waals surface area contributed by atoms with Gasteiger partial charge in [0.05, 0.1) is 5.69 Å². The van der Waals surface area contributed by atoms with Gasteiger partial charge in [0.1, 0.15) is 0 Å². The lowest BCUT2D eigenvalue weighted by molar-refractivity contribution is 0.756. The van der Waals surface area contributed by atoms with E-state index >= 15 is 0 Å². The van der Waals surface area contributed by atoms with Gasteiger partial charge in [0.15, 0.2) is 0 Å². The predicted octanol–water partition coefficient (Wildman–Crippen LogP) is 3.12. The maximum Gasteiger partial charge on any atom is 0.218 e. The Bertz CT molecular complexity index is 661. The van der Waals surface area contributed by atoms with Gasteiger partial charge in [-0.3, -0.25) is 0 Å². The van der Waals surface area contributed by atoms with Crippen LogP contribution in [-0.2, 0) is 0 Å². The van der Waals surface area contributed by atoms with Crippen molar-refractivity contribution in [1.29, 1.82) is 0 Å². The second kappa shape index (κ2) is 5.24. The standard InChI is InChI=1S/C14H12N4S/c1-11-7-9-13(10-8-11)19-14-15-16-17-18(14)12-5-3-2-4-6-12/h2-10H,1H3. The molecule has 0 N–H and O–H groups in total. The van der Waals surface area contributed by atoms with E-state index in [9.17, 15) is 0 Å². The molecule has 0 saturated carbocycles. The second-order valence-electron chi connectivity index (χ2n) is 4.12. The zero-order valence-electron chi connectivity index (χ0n) is 10.4. The largest absolute Gasteiger partial charge is 0.218 e. The Morgan fingerprint density at radius 1 is 0.947 bits per heavy atom. The fraction of sp³-hybridized carbons (Fsp3) is 0.0714. The van der Waals surface area contributed by atoms with Crippen molar-refractivity contribution in [2.45, 2.75) is 17.0 Å². The minimum absolute atomic E-state index is 0.759. The molecule has 0 spiro atoms. The lowest BCUT2D eigenvalue weighted by Gasteiger charge is -2.04. The minimum atomic E-state index is 0.759. The topological polar surface area (TPSA) is 43.6 Å². The molecule has 19 heavy (non-hydrogen) atoms. The fourth-order valence-electron chi connectivity index (χ4n) is 1.69. The highest BCUT2D eigenvalue weighted by Gasteiger charge is 2.09. The highest BCUT2D eigenvalue weighted by atomic mass is 32.2. The van der Waals surface area contributed by atoms with E-state index in [-0.39, 0.29) is 0 Å². The van der Waals surface area contributed by atoms with Gasteiger partial charge in [0.2, 0.25) is 5.16 Å². The molecule has 0 aliphatic rings. The van der Waals surface area contributed by atoms with Crippen molar-refractivity contribution in [3.8, 4) is 5.69 Å². The van der Waals surface area contributed by atoms with E-state index in [4.69, 9.17) is 0 Å². The summed E-state index contributed by atoms with van der Waals surface area (Å²) in [5.74, 6) is 0. The summed E-state index contributed by atoms with van der Waals surface area (Å²) in [6.45, 7) is 2.07. The highest BCUT2D eigenvalue weighted by molar-refractivity contribution is 7.99. The van der Waals surface area contributed by atoms with E-state index in [1.54, 1.807) is 16.4 Å². The summed E-state index contributed by atoms with van der Waals surface area (Å²) < 4.78 is 1.74. The van der Waals surface area contributed by atoms with Crippen molar-refractivity contribution in [3.63, 3.8) is 0 Å². The molecule has 1 heterocycles. The number of para-hydroxylation sites is 1. The Kier molecular flexibility index (Phi) is 3.29. The Labute approximate surface area is 115 Å². The van der Waals surface area contributed by atoms with Crippen LogP contribution in [0.4, 0.5) is 0 Å². The first-order chi connectivity index (χ1) is 9.33. The molecule has 0 radical (unpaired) electrons. The van der Waals surface area contributed by atoms with Crippen LogP contribution in [0.15, 0.2) is 64.6 Å². The Hall–Kier alpha value is -2.14. The van der Waals surface area contributed by atoms with Gasteiger partial charge in [-0.15, -0.1) is 5.10 Å². The molecule has 4 nitrogen and oxygen atoms in total. The zero-order valence-corrected chi connectivity index (χ0v) is 11.2. The summed E-state index contributed by atoms with van der Waals surface area (Å²) in [4.78, 5) is 1.12. The Balaban J connectivity index is 1.91. The first kappa shape index (κ1) is 11.9. The number of aromatic nitrogens is 4. The monoisotopic (exact) mass is 268 g/mol. The van der Waals surface area contributed by atoms with Crippen LogP contribution in [0.5, 0.6) is 0 Å². The molecule has 1 aromatic heterocycles. The maximum atomic E-state index is 4.08. The normalized spacial score (nSPS) is 10.6. The Morgan fingerprint density at radius 3 is 2.42 bits per heavy atom. The smallest absolute Gasteiger partial charge is 0.187 e. The fourth-order valence-corrected chi connectivity index (χ4v) is 2.47. The SMILES string of the molecule is Cc1ccc(Sc2nnnn2-c2ccccc2)cc1. The van der Waals surface area contributed by atoms with Gasteiger partial charge in [0, 0.05) is 4.90 Å².